The fourth-order valence-corrected chi connectivity index (χ4v) is 2.82. The summed E-state index contributed by atoms with van der Waals surface area (Å²) in [5.41, 5.74) is 4.68. The van der Waals surface area contributed by atoms with Crippen molar-refractivity contribution >= 4 is 21.5 Å². The van der Waals surface area contributed by atoms with Crippen molar-refractivity contribution in [2.24, 2.45) is 5.92 Å². The maximum absolute atomic E-state index is 3.58. The molecule has 0 saturated heterocycles. The third-order valence-corrected chi connectivity index (χ3v) is 3.97. The molecule has 1 aromatic rings. The number of hydrogen-bond acceptors (Lipinski definition) is 0. The fourth-order valence-electron chi connectivity index (χ4n) is 2.46. The highest BCUT2D eigenvalue weighted by atomic mass is 79.9. The molecule has 0 saturated carbocycles. The van der Waals surface area contributed by atoms with Crippen LogP contribution in [0.25, 0.3) is 5.57 Å². The van der Waals surface area contributed by atoms with Gasteiger partial charge in [-0.3, -0.25) is 0 Å². The molecule has 0 aliphatic heterocycles. The van der Waals surface area contributed by atoms with Crippen LogP contribution in [0.3, 0.4) is 0 Å². The molecule has 16 heavy (non-hydrogen) atoms. The van der Waals surface area contributed by atoms with Crippen LogP contribution < -0.4 is 0 Å². The van der Waals surface area contributed by atoms with Gasteiger partial charge in [-0.25, -0.2) is 0 Å². The molecule has 0 bridgehead atoms. The Kier molecular flexibility index (Phi) is 3.00. The molecule has 1 heteroatoms. The predicted molar refractivity (Wildman–Crippen MR) is 74.6 cm³/mol. The molecule has 0 spiro atoms. The van der Waals surface area contributed by atoms with Gasteiger partial charge >= 0.3 is 0 Å². The van der Waals surface area contributed by atoms with Crippen molar-refractivity contribution in [3.63, 3.8) is 0 Å². The molecule has 1 aliphatic rings. The lowest BCUT2D eigenvalue weighted by Gasteiger charge is -2.33. The third kappa shape index (κ3) is 1.98. The molecule has 0 heterocycles. The van der Waals surface area contributed by atoms with Crippen LogP contribution in [0.1, 0.15) is 45.2 Å². The SMILES string of the molecule is CC(C)C1=CCC(C)(C)c2cc(Br)ccc21. The lowest BCUT2D eigenvalue weighted by Crippen LogP contribution is -2.22. The zero-order valence-corrected chi connectivity index (χ0v) is 12.1. The van der Waals surface area contributed by atoms with Gasteiger partial charge in [-0.05, 0) is 46.6 Å². The highest BCUT2D eigenvalue weighted by molar-refractivity contribution is 9.10. The molecule has 1 aliphatic carbocycles. The number of allylic oxidation sites excluding steroid dienone is 2. The van der Waals surface area contributed by atoms with Gasteiger partial charge in [0.15, 0.2) is 0 Å². The molecule has 0 nitrogen and oxygen atoms in total. The first kappa shape index (κ1) is 11.9. The van der Waals surface area contributed by atoms with Crippen LogP contribution >= 0.6 is 15.9 Å². The average Bonchev–Trinajstić information content (AvgIpc) is 2.18. The van der Waals surface area contributed by atoms with Gasteiger partial charge in [0.1, 0.15) is 0 Å². The summed E-state index contributed by atoms with van der Waals surface area (Å²) in [6.45, 7) is 9.20. The van der Waals surface area contributed by atoms with Gasteiger partial charge in [-0.2, -0.15) is 0 Å². The largest absolute Gasteiger partial charge is 0.0796 e. The highest BCUT2D eigenvalue weighted by Crippen LogP contribution is 2.42. The lowest BCUT2D eigenvalue weighted by molar-refractivity contribution is 0.523. The summed E-state index contributed by atoms with van der Waals surface area (Å²) < 4.78 is 1.18. The zero-order chi connectivity index (χ0) is 11.9. The summed E-state index contributed by atoms with van der Waals surface area (Å²) in [6.07, 6.45) is 3.56. The summed E-state index contributed by atoms with van der Waals surface area (Å²) in [4.78, 5) is 0. The Morgan fingerprint density at radius 2 is 1.94 bits per heavy atom. The first-order chi connectivity index (χ1) is 7.42. The first-order valence-electron chi connectivity index (χ1n) is 5.92. The first-order valence-corrected chi connectivity index (χ1v) is 6.71. The summed E-state index contributed by atoms with van der Waals surface area (Å²) in [7, 11) is 0. The van der Waals surface area contributed by atoms with Crippen LogP contribution in [0.4, 0.5) is 0 Å². The van der Waals surface area contributed by atoms with Crippen LogP contribution in [0.2, 0.25) is 0 Å². The smallest absolute Gasteiger partial charge is 0.0178 e. The van der Waals surface area contributed by atoms with Crippen LogP contribution in [0.15, 0.2) is 28.7 Å². The van der Waals surface area contributed by atoms with Gasteiger partial charge in [0, 0.05) is 4.47 Å². The van der Waals surface area contributed by atoms with Crippen molar-refractivity contribution in [3.8, 4) is 0 Å². The van der Waals surface area contributed by atoms with E-state index in [-0.39, 0.29) is 5.41 Å². The monoisotopic (exact) mass is 278 g/mol. The molecule has 0 fully saturated rings. The number of rotatable bonds is 1. The summed E-state index contributed by atoms with van der Waals surface area (Å²) >= 11 is 3.58. The number of fused-ring (bicyclic) bond motifs is 1. The van der Waals surface area contributed by atoms with Crippen LogP contribution in [-0.4, -0.2) is 0 Å². The second-order valence-corrected chi connectivity index (χ2v) is 6.51. The van der Waals surface area contributed by atoms with Gasteiger partial charge in [-0.15, -0.1) is 0 Å². The molecule has 86 valence electrons. The Bertz CT molecular complexity index is 439. The highest BCUT2D eigenvalue weighted by Gasteiger charge is 2.28. The van der Waals surface area contributed by atoms with Gasteiger partial charge in [0.2, 0.25) is 0 Å². The number of benzene rings is 1. The lowest BCUT2D eigenvalue weighted by atomic mass is 9.71. The standard InChI is InChI=1S/C15H19Br/c1-10(2)12-7-8-15(3,4)14-9-11(16)5-6-13(12)14/h5-7,9-10H,8H2,1-4H3. The quantitative estimate of drug-likeness (QED) is 0.665. The van der Waals surface area contributed by atoms with Crippen molar-refractivity contribution in [2.45, 2.75) is 39.5 Å². The number of halogens is 1. The minimum atomic E-state index is 0.261. The minimum absolute atomic E-state index is 0.261. The van der Waals surface area contributed by atoms with E-state index in [1.54, 1.807) is 0 Å². The maximum atomic E-state index is 3.58. The Morgan fingerprint density at radius 3 is 2.56 bits per heavy atom. The van der Waals surface area contributed by atoms with Crippen molar-refractivity contribution in [3.05, 3.63) is 39.9 Å². The molecule has 0 N–H and O–H groups in total. The van der Waals surface area contributed by atoms with E-state index in [4.69, 9.17) is 0 Å². The van der Waals surface area contributed by atoms with Crippen LogP contribution in [-0.2, 0) is 5.41 Å². The second kappa shape index (κ2) is 4.03. The summed E-state index contributed by atoms with van der Waals surface area (Å²) in [5, 5.41) is 0. The van der Waals surface area contributed by atoms with Gasteiger partial charge in [-0.1, -0.05) is 55.8 Å². The fraction of sp³-hybridized carbons (Fsp3) is 0.467. The van der Waals surface area contributed by atoms with Crippen LogP contribution in [0, 0.1) is 5.92 Å². The summed E-state index contributed by atoms with van der Waals surface area (Å²) in [5.74, 6) is 0.607. The molecule has 2 rings (SSSR count). The molecule has 0 radical (unpaired) electrons. The van der Waals surface area contributed by atoms with Gasteiger partial charge in [0.25, 0.3) is 0 Å². The third-order valence-electron chi connectivity index (χ3n) is 3.48. The molecular weight excluding hydrogens is 260 g/mol. The van der Waals surface area contributed by atoms with E-state index in [0.29, 0.717) is 5.92 Å². The zero-order valence-electron chi connectivity index (χ0n) is 10.5. The predicted octanol–water partition coefficient (Wildman–Crippen LogP) is 5.17. The molecule has 0 atom stereocenters. The Morgan fingerprint density at radius 1 is 1.25 bits per heavy atom. The van der Waals surface area contributed by atoms with E-state index in [0.717, 1.165) is 6.42 Å². The Hall–Kier alpha value is -0.560. The maximum Gasteiger partial charge on any atom is 0.0178 e. The van der Waals surface area contributed by atoms with E-state index in [1.165, 1.54) is 21.2 Å². The van der Waals surface area contributed by atoms with Crippen LogP contribution in [0.5, 0.6) is 0 Å². The van der Waals surface area contributed by atoms with Crippen molar-refractivity contribution in [2.75, 3.05) is 0 Å². The molecule has 0 aromatic heterocycles. The molecule has 0 unspecified atom stereocenters. The van der Waals surface area contributed by atoms with Crippen molar-refractivity contribution in [1.82, 2.24) is 0 Å². The average molecular weight is 279 g/mol. The normalized spacial score (nSPS) is 18.2. The topological polar surface area (TPSA) is 0 Å². The molecular formula is C15H19Br. The van der Waals surface area contributed by atoms with E-state index in [9.17, 15) is 0 Å². The van der Waals surface area contributed by atoms with Gasteiger partial charge < -0.3 is 0 Å². The minimum Gasteiger partial charge on any atom is -0.0796 e. The van der Waals surface area contributed by atoms with Gasteiger partial charge in [0.05, 0.1) is 0 Å². The Balaban J connectivity index is 2.61. The van der Waals surface area contributed by atoms with E-state index >= 15 is 0 Å². The van der Waals surface area contributed by atoms with E-state index in [1.807, 2.05) is 0 Å². The molecule has 0 amide bonds. The molecule has 1 aromatic carbocycles. The van der Waals surface area contributed by atoms with Crippen molar-refractivity contribution in [1.29, 1.82) is 0 Å². The van der Waals surface area contributed by atoms with E-state index < -0.39 is 0 Å². The second-order valence-electron chi connectivity index (χ2n) is 5.59. The summed E-state index contributed by atoms with van der Waals surface area (Å²) in [6, 6.07) is 6.69. The van der Waals surface area contributed by atoms with E-state index in [2.05, 4.69) is 67.9 Å². The Labute approximate surface area is 107 Å². The van der Waals surface area contributed by atoms with Crippen molar-refractivity contribution < 1.29 is 0 Å². The number of hydrogen-bond donors (Lipinski definition) is 0.